The topological polar surface area (TPSA) is 26.3 Å². The summed E-state index contributed by atoms with van der Waals surface area (Å²) in [4.78, 5) is 12.1. The van der Waals surface area contributed by atoms with E-state index in [1.165, 1.54) is 21.9 Å². The van der Waals surface area contributed by atoms with Crippen LogP contribution in [0, 0.1) is 0 Å². The standard InChI is InChI=1S/C12H12O2S/c1-3-11-6-9-4-5-10(14-8(2)13)7-12(9)15-11/h4-7H,3H2,1-2H3. The SMILES string of the molecule is CCc1cc2ccc(OC(C)=O)cc2s1. The van der Waals surface area contributed by atoms with Crippen LogP contribution >= 0.6 is 11.3 Å². The zero-order valence-electron chi connectivity index (χ0n) is 8.74. The average molecular weight is 220 g/mol. The summed E-state index contributed by atoms with van der Waals surface area (Å²) in [6, 6.07) is 7.91. The number of hydrogen-bond donors (Lipinski definition) is 0. The molecule has 0 aliphatic carbocycles. The van der Waals surface area contributed by atoms with Gasteiger partial charge in [-0.15, -0.1) is 11.3 Å². The van der Waals surface area contributed by atoms with Gasteiger partial charge in [0.25, 0.3) is 0 Å². The van der Waals surface area contributed by atoms with Gasteiger partial charge < -0.3 is 4.74 Å². The molecular formula is C12H12O2S. The molecule has 0 atom stereocenters. The maximum atomic E-state index is 10.8. The van der Waals surface area contributed by atoms with Gasteiger partial charge in [0, 0.05) is 16.5 Å². The van der Waals surface area contributed by atoms with Crippen LogP contribution in [0.4, 0.5) is 0 Å². The highest BCUT2D eigenvalue weighted by Crippen LogP contribution is 2.29. The first-order valence-corrected chi connectivity index (χ1v) is 5.71. The second-order valence-electron chi connectivity index (χ2n) is 3.36. The Hall–Kier alpha value is -1.35. The quantitative estimate of drug-likeness (QED) is 0.573. The fourth-order valence-corrected chi connectivity index (χ4v) is 2.50. The zero-order chi connectivity index (χ0) is 10.8. The third-order valence-corrected chi connectivity index (χ3v) is 3.39. The molecular weight excluding hydrogens is 208 g/mol. The molecule has 78 valence electrons. The van der Waals surface area contributed by atoms with Crippen LogP contribution in [0.1, 0.15) is 18.7 Å². The molecule has 0 spiro atoms. The summed E-state index contributed by atoms with van der Waals surface area (Å²) in [5, 5.41) is 1.22. The van der Waals surface area contributed by atoms with Crippen molar-refractivity contribution in [2.75, 3.05) is 0 Å². The number of hydrogen-bond acceptors (Lipinski definition) is 3. The minimum atomic E-state index is -0.276. The van der Waals surface area contributed by atoms with Crippen LogP contribution in [0.2, 0.25) is 0 Å². The lowest BCUT2D eigenvalue weighted by molar-refractivity contribution is -0.131. The molecule has 0 saturated carbocycles. The minimum Gasteiger partial charge on any atom is -0.427 e. The van der Waals surface area contributed by atoms with E-state index in [9.17, 15) is 4.79 Å². The van der Waals surface area contributed by atoms with E-state index in [1.807, 2.05) is 18.2 Å². The Bertz CT molecular complexity index is 499. The van der Waals surface area contributed by atoms with Crippen LogP contribution < -0.4 is 4.74 Å². The van der Waals surface area contributed by atoms with Crippen LogP contribution in [0.25, 0.3) is 10.1 Å². The van der Waals surface area contributed by atoms with Crippen LogP contribution in [-0.2, 0) is 11.2 Å². The van der Waals surface area contributed by atoms with Crippen LogP contribution in [0.15, 0.2) is 24.3 Å². The van der Waals surface area contributed by atoms with Gasteiger partial charge in [0.2, 0.25) is 0 Å². The first-order valence-electron chi connectivity index (χ1n) is 4.90. The van der Waals surface area contributed by atoms with Gasteiger partial charge in [0.05, 0.1) is 0 Å². The van der Waals surface area contributed by atoms with Crippen molar-refractivity contribution >= 4 is 27.4 Å². The normalized spacial score (nSPS) is 10.5. The van der Waals surface area contributed by atoms with Crippen molar-refractivity contribution in [1.29, 1.82) is 0 Å². The predicted octanol–water partition coefficient (Wildman–Crippen LogP) is 3.39. The number of fused-ring (bicyclic) bond motifs is 1. The van der Waals surface area contributed by atoms with Crippen molar-refractivity contribution in [3.63, 3.8) is 0 Å². The van der Waals surface area contributed by atoms with E-state index in [1.54, 1.807) is 11.3 Å². The van der Waals surface area contributed by atoms with E-state index >= 15 is 0 Å². The van der Waals surface area contributed by atoms with E-state index in [0.717, 1.165) is 6.42 Å². The fraction of sp³-hybridized carbons (Fsp3) is 0.250. The summed E-state index contributed by atoms with van der Waals surface area (Å²) in [7, 11) is 0. The highest BCUT2D eigenvalue weighted by molar-refractivity contribution is 7.19. The summed E-state index contributed by atoms with van der Waals surface area (Å²) in [5.41, 5.74) is 0. The zero-order valence-corrected chi connectivity index (χ0v) is 9.56. The molecule has 1 aromatic heterocycles. The van der Waals surface area contributed by atoms with Gasteiger partial charge in [-0.2, -0.15) is 0 Å². The maximum absolute atomic E-state index is 10.8. The lowest BCUT2D eigenvalue weighted by Crippen LogP contribution is -2.00. The molecule has 2 aromatic rings. The number of rotatable bonds is 2. The van der Waals surface area contributed by atoms with Crippen molar-refractivity contribution in [3.05, 3.63) is 29.1 Å². The number of aryl methyl sites for hydroxylation is 1. The van der Waals surface area contributed by atoms with E-state index in [-0.39, 0.29) is 5.97 Å². The first-order chi connectivity index (χ1) is 7.19. The van der Waals surface area contributed by atoms with E-state index in [4.69, 9.17) is 4.74 Å². The number of thiophene rings is 1. The molecule has 3 heteroatoms. The molecule has 15 heavy (non-hydrogen) atoms. The van der Waals surface area contributed by atoms with Crippen molar-refractivity contribution in [2.24, 2.45) is 0 Å². The average Bonchev–Trinajstić information content (AvgIpc) is 2.58. The summed E-state index contributed by atoms with van der Waals surface area (Å²) < 4.78 is 6.20. The number of ether oxygens (including phenoxy) is 1. The van der Waals surface area contributed by atoms with Gasteiger partial charge in [-0.05, 0) is 36.1 Å². The fourth-order valence-electron chi connectivity index (χ4n) is 1.47. The maximum Gasteiger partial charge on any atom is 0.308 e. The lowest BCUT2D eigenvalue weighted by atomic mass is 10.2. The predicted molar refractivity (Wildman–Crippen MR) is 62.5 cm³/mol. The smallest absolute Gasteiger partial charge is 0.308 e. The van der Waals surface area contributed by atoms with Gasteiger partial charge in [-0.3, -0.25) is 4.79 Å². The summed E-state index contributed by atoms with van der Waals surface area (Å²) in [6.45, 7) is 3.55. The number of carbonyl (C=O) groups excluding carboxylic acids is 1. The molecule has 0 saturated heterocycles. The second-order valence-corrected chi connectivity index (χ2v) is 4.53. The van der Waals surface area contributed by atoms with Gasteiger partial charge in [-0.1, -0.05) is 6.92 Å². The van der Waals surface area contributed by atoms with Crippen molar-refractivity contribution < 1.29 is 9.53 Å². The van der Waals surface area contributed by atoms with Gasteiger partial charge in [-0.25, -0.2) is 0 Å². The first kappa shape index (κ1) is 10.2. The Morgan fingerprint density at radius 1 is 1.40 bits per heavy atom. The Labute approximate surface area is 92.5 Å². The summed E-state index contributed by atoms with van der Waals surface area (Å²) in [5.74, 6) is 0.348. The second kappa shape index (κ2) is 4.03. The highest BCUT2D eigenvalue weighted by atomic mass is 32.1. The molecule has 0 aliphatic heterocycles. The van der Waals surface area contributed by atoms with E-state index in [0.29, 0.717) is 5.75 Å². The molecule has 0 bridgehead atoms. The molecule has 1 aromatic carbocycles. The number of carbonyl (C=O) groups is 1. The van der Waals surface area contributed by atoms with Crippen LogP contribution in [-0.4, -0.2) is 5.97 Å². The molecule has 2 rings (SSSR count). The Kier molecular flexibility index (Phi) is 2.73. The third kappa shape index (κ3) is 2.18. The Morgan fingerprint density at radius 2 is 2.20 bits per heavy atom. The van der Waals surface area contributed by atoms with Crippen molar-refractivity contribution in [3.8, 4) is 5.75 Å². The highest BCUT2D eigenvalue weighted by Gasteiger charge is 2.03. The largest absolute Gasteiger partial charge is 0.427 e. The van der Waals surface area contributed by atoms with Crippen LogP contribution in [0.5, 0.6) is 5.75 Å². The lowest BCUT2D eigenvalue weighted by Gasteiger charge is -1.99. The molecule has 0 N–H and O–H groups in total. The summed E-state index contributed by atoms with van der Waals surface area (Å²) >= 11 is 1.75. The Morgan fingerprint density at radius 3 is 2.87 bits per heavy atom. The van der Waals surface area contributed by atoms with Crippen molar-refractivity contribution in [2.45, 2.75) is 20.3 Å². The van der Waals surface area contributed by atoms with Gasteiger partial charge >= 0.3 is 5.97 Å². The van der Waals surface area contributed by atoms with Gasteiger partial charge in [0.15, 0.2) is 0 Å². The minimum absolute atomic E-state index is 0.276. The summed E-state index contributed by atoms with van der Waals surface area (Å²) in [6.07, 6.45) is 1.04. The van der Waals surface area contributed by atoms with E-state index in [2.05, 4.69) is 13.0 Å². The van der Waals surface area contributed by atoms with E-state index < -0.39 is 0 Å². The molecule has 0 unspecified atom stereocenters. The van der Waals surface area contributed by atoms with Gasteiger partial charge in [0.1, 0.15) is 5.75 Å². The molecule has 0 amide bonds. The molecule has 0 radical (unpaired) electrons. The number of benzene rings is 1. The third-order valence-electron chi connectivity index (χ3n) is 2.15. The van der Waals surface area contributed by atoms with Crippen LogP contribution in [0.3, 0.4) is 0 Å². The molecule has 0 fully saturated rings. The number of esters is 1. The molecule has 0 aliphatic rings. The molecule has 2 nitrogen and oxygen atoms in total. The molecule has 1 heterocycles. The Balaban J connectivity index is 2.41. The monoisotopic (exact) mass is 220 g/mol. The van der Waals surface area contributed by atoms with Crippen molar-refractivity contribution in [1.82, 2.24) is 0 Å².